The lowest BCUT2D eigenvalue weighted by atomic mass is 9.85. The van der Waals surface area contributed by atoms with E-state index in [1.165, 1.54) is 12.7 Å². The molecule has 0 N–H and O–H groups in total. The average molecular weight is 332 g/mol. The second-order valence-corrected chi connectivity index (χ2v) is 6.06. The number of nitrogens with zero attached hydrogens (tertiary/aromatic N) is 3. The van der Waals surface area contributed by atoms with Crippen LogP contribution in [0.5, 0.6) is 0 Å². The molecule has 0 aliphatic heterocycles. The summed E-state index contributed by atoms with van der Waals surface area (Å²) in [6, 6.07) is 3.56. The van der Waals surface area contributed by atoms with Crippen LogP contribution in [0, 0.1) is 0 Å². The van der Waals surface area contributed by atoms with Crippen LogP contribution in [0.25, 0.3) is 5.65 Å². The van der Waals surface area contributed by atoms with Crippen molar-refractivity contribution in [3.63, 3.8) is 0 Å². The second kappa shape index (κ2) is 5.70. The maximum atomic E-state index is 12.0. The quantitative estimate of drug-likeness (QED) is 0.683. The number of carbonyl (C=O) groups is 1. The normalized spacial score (nSPS) is 14.8. The van der Waals surface area contributed by atoms with Crippen molar-refractivity contribution in [3.05, 3.63) is 53.1 Å². The van der Waals surface area contributed by atoms with E-state index in [1.54, 1.807) is 28.9 Å². The van der Waals surface area contributed by atoms with E-state index in [4.69, 9.17) is 20.8 Å². The number of pyridine rings is 1. The maximum Gasteiger partial charge on any atom is 0.360 e. The number of imidazole rings is 1. The van der Waals surface area contributed by atoms with E-state index in [9.17, 15) is 4.79 Å². The van der Waals surface area contributed by atoms with E-state index < -0.39 is 5.97 Å². The Morgan fingerprint density at radius 1 is 1.35 bits per heavy atom. The number of fused-ring (bicyclic) bond motifs is 1. The molecule has 0 radical (unpaired) electrons. The predicted molar refractivity (Wildman–Crippen MR) is 82.4 cm³/mol. The number of halogens is 1. The Hall–Kier alpha value is -2.34. The first-order valence-electron chi connectivity index (χ1n) is 7.45. The van der Waals surface area contributed by atoms with Crippen molar-refractivity contribution in [2.24, 2.45) is 0 Å². The molecule has 0 saturated heterocycles. The van der Waals surface area contributed by atoms with Crippen LogP contribution in [-0.4, -0.2) is 20.3 Å². The van der Waals surface area contributed by atoms with Gasteiger partial charge >= 0.3 is 5.97 Å². The Kier molecular flexibility index (Phi) is 3.53. The third-order valence-electron chi connectivity index (χ3n) is 4.00. The lowest BCUT2D eigenvalue weighted by molar-refractivity contribution is 0.0461. The van der Waals surface area contributed by atoms with Crippen molar-refractivity contribution >= 4 is 23.2 Å². The van der Waals surface area contributed by atoms with Crippen molar-refractivity contribution in [2.45, 2.75) is 31.8 Å². The number of aromatic nitrogens is 3. The van der Waals surface area contributed by atoms with Gasteiger partial charge in [0.15, 0.2) is 11.6 Å². The Morgan fingerprint density at radius 2 is 2.22 bits per heavy atom. The van der Waals surface area contributed by atoms with Gasteiger partial charge in [0.2, 0.25) is 0 Å². The van der Waals surface area contributed by atoms with Crippen LogP contribution in [0.2, 0.25) is 5.02 Å². The molecule has 0 aromatic carbocycles. The zero-order valence-corrected chi connectivity index (χ0v) is 13.0. The topological polar surface area (TPSA) is 69.6 Å². The van der Waals surface area contributed by atoms with Crippen LogP contribution < -0.4 is 0 Å². The van der Waals surface area contributed by atoms with Crippen LogP contribution in [0.15, 0.2) is 35.2 Å². The van der Waals surface area contributed by atoms with Gasteiger partial charge < -0.3 is 13.6 Å². The van der Waals surface area contributed by atoms with Gasteiger partial charge in [-0.15, -0.1) is 0 Å². The number of hydrogen-bond donors (Lipinski definition) is 0. The third-order valence-corrected chi connectivity index (χ3v) is 4.23. The van der Waals surface area contributed by atoms with Crippen molar-refractivity contribution < 1.29 is 13.9 Å². The lowest BCUT2D eigenvalue weighted by Gasteiger charge is -2.21. The van der Waals surface area contributed by atoms with Crippen molar-refractivity contribution in [1.82, 2.24) is 14.4 Å². The largest absolute Gasteiger partial charge is 0.454 e. The number of oxazole rings is 1. The van der Waals surface area contributed by atoms with Gasteiger partial charge in [0.25, 0.3) is 0 Å². The highest BCUT2D eigenvalue weighted by Gasteiger charge is 2.25. The highest BCUT2D eigenvalue weighted by molar-refractivity contribution is 6.30. The van der Waals surface area contributed by atoms with Crippen LogP contribution in [0.1, 0.15) is 47.3 Å². The Labute approximate surface area is 137 Å². The first-order valence-corrected chi connectivity index (χ1v) is 7.82. The number of ether oxygens (including phenoxy) is 1. The van der Waals surface area contributed by atoms with Gasteiger partial charge in [-0.25, -0.2) is 14.8 Å². The van der Waals surface area contributed by atoms with Gasteiger partial charge in [-0.1, -0.05) is 18.0 Å². The first kappa shape index (κ1) is 14.3. The van der Waals surface area contributed by atoms with Crippen LogP contribution in [0.4, 0.5) is 0 Å². The molecule has 6 nitrogen and oxygen atoms in total. The first-order chi connectivity index (χ1) is 11.2. The number of rotatable bonds is 4. The Morgan fingerprint density at radius 3 is 3.00 bits per heavy atom. The van der Waals surface area contributed by atoms with Crippen molar-refractivity contribution in [1.29, 1.82) is 0 Å². The lowest BCUT2D eigenvalue weighted by Crippen LogP contribution is -2.10. The predicted octanol–water partition coefficient (Wildman–Crippen LogP) is 3.60. The molecule has 1 aliphatic carbocycles. The summed E-state index contributed by atoms with van der Waals surface area (Å²) in [6.45, 7) is 0.0732. The smallest absolute Gasteiger partial charge is 0.360 e. The molecule has 0 amide bonds. The zero-order chi connectivity index (χ0) is 15.8. The molecule has 0 bridgehead atoms. The van der Waals surface area contributed by atoms with Gasteiger partial charge in [0, 0.05) is 18.3 Å². The highest BCUT2D eigenvalue weighted by Crippen LogP contribution is 2.35. The van der Waals surface area contributed by atoms with Crippen LogP contribution >= 0.6 is 11.6 Å². The zero-order valence-electron chi connectivity index (χ0n) is 12.2. The van der Waals surface area contributed by atoms with Gasteiger partial charge in [-0.2, -0.15) is 0 Å². The minimum Gasteiger partial charge on any atom is -0.454 e. The fraction of sp³-hybridized carbons (Fsp3) is 0.312. The molecule has 0 atom stereocenters. The molecule has 0 spiro atoms. The molecule has 118 valence electrons. The molecule has 1 fully saturated rings. The fourth-order valence-electron chi connectivity index (χ4n) is 2.52. The summed E-state index contributed by atoms with van der Waals surface area (Å²) in [7, 11) is 0. The van der Waals surface area contributed by atoms with Gasteiger partial charge in [-0.05, 0) is 25.0 Å². The summed E-state index contributed by atoms with van der Waals surface area (Å²) in [5.41, 5.74) is 1.59. The molecule has 0 unspecified atom stereocenters. The molecular formula is C16H14ClN3O3. The maximum absolute atomic E-state index is 12.0. The Balaban J connectivity index is 1.42. The molecule has 3 aromatic rings. The van der Waals surface area contributed by atoms with Gasteiger partial charge in [0.1, 0.15) is 18.5 Å². The SMILES string of the molecule is O=C(OCc1cn2cc(Cl)ccc2n1)c1coc(C2CCC2)n1. The van der Waals surface area contributed by atoms with Crippen molar-refractivity contribution in [2.75, 3.05) is 0 Å². The molecule has 7 heteroatoms. The second-order valence-electron chi connectivity index (χ2n) is 5.62. The number of carbonyl (C=O) groups excluding carboxylic acids is 1. The minimum atomic E-state index is -0.505. The van der Waals surface area contributed by atoms with E-state index in [1.807, 2.05) is 0 Å². The summed E-state index contributed by atoms with van der Waals surface area (Å²) in [4.78, 5) is 20.6. The summed E-state index contributed by atoms with van der Waals surface area (Å²) in [5.74, 6) is 0.472. The van der Waals surface area contributed by atoms with E-state index in [0.717, 1.165) is 18.5 Å². The molecule has 1 saturated carbocycles. The summed E-state index contributed by atoms with van der Waals surface area (Å²) in [6.07, 6.45) is 8.20. The highest BCUT2D eigenvalue weighted by atomic mass is 35.5. The summed E-state index contributed by atoms with van der Waals surface area (Å²) >= 11 is 5.93. The van der Waals surface area contributed by atoms with E-state index in [0.29, 0.717) is 22.5 Å². The summed E-state index contributed by atoms with van der Waals surface area (Å²) < 4.78 is 12.4. The van der Waals surface area contributed by atoms with Gasteiger partial charge in [0.05, 0.1) is 10.7 Å². The molecule has 3 aromatic heterocycles. The number of esters is 1. The molecule has 1 aliphatic rings. The van der Waals surface area contributed by atoms with E-state index in [2.05, 4.69) is 9.97 Å². The third kappa shape index (κ3) is 2.82. The van der Waals surface area contributed by atoms with E-state index >= 15 is 0 Å². The molecular weight excluding hydrogens is 318 g/mol. The van der Waals surface area contributed by atoms with E-state index in [-0.39, 0.29) is 12.3 Å². The molecule has 4 rings (SSSR count). The van der Waals surface area contributed by atoms with Crippen LogP contribution in [0.3, 0.4) is 0 Å². The number of hydrogen-bond acceptors (Lipinski definition) is 5. The average Bonchev–Trinajstić information content (AvgIpc) is 3.09. The van der Waals surface area contributed by atoms with Gasteiger partial charge in [-0.3, -0.25) is 0 Å². The fourth-order valence-corrected chi connectivity index (χ4v) is 2.69. The minimum absolute atomic E-state index is 0.0732. The Bertz CT molecular complexity index is 866. The molecule has 23 heavy (non-hydrogen) atoms. The standard InChI is InChI=1S/C16H14ClN3O3/c17-11-4-5-14-18-12(7-20(14)6-11)8-23-16(21)13-9-22-15(19-13)10-2-1-3-10/h4-7,9-10H,1-3,8H2. The van der Waals surface area contributed by atoms with Crippen molar-refractivity contribution in [3.8, 4) is 0 Å². The summed E-state index contributed by atoms with van der Waals surface area (Å²) in [5, 5.41) is 0.615. The van der Waals surface area contributed by atoms with Crippen LogP contribution in [-0.2, 0) is 11.3 Å². The molecule has 3 heterocycles. The monoisotopic (exact) mass is 331 g/mol.